The van der Waals surface area contributed by atoms with Crippen molar-refractivity contribution in [1.29, 1.82) is 0 Å². The van der Waals surface area contributed by atoms with Gasteiger partial charge in [0.1, 0.15) is 0 Å². The number of benzene rings is 2. The monoisotopic (exact) mass is 367 g/mol. The van der Waals surface area contributed by atoms with Crippen molar-refractivity contribution < 1.29 is 0 Å². The first-order valence-electron chi connectivity index (χ1n) is 9.88. The highest BCUT2D eigenvalue weighted by Crippen LogP contribution is 2.60. The molecule has 4 rings (SSSR count). The van der Waals surface area contributed by atoms with Gasteiger partial charge in [0, 0.05) is 21.8 Å². The number of para-hydroxylation sites is 1. The second kappa shape index (κ2) is 5.76. The Kier molecular flexibility index (Phi) is 3.97. The van der Waals surface area contributed by atoms with Gasteiger partial charge in [0.25, 0.3) is 0 Å². The summed E-state index contributed by atoms with van der Waals surface area (Å²) in [5.41, 5.74) is 5.76. The average Bonchev–Trinajstić information content (AvgIpc) is 2.78. The number of anilines is 2. The molecular formula is C24H30ClN. The van der Waals surface area contributed by atoms with Gasteiger partial charge in [-0.2, -0.15) is 0 Å². The van der Waals surface area contributed by atoms with E-state index in [4.69, 9.17) is 11.6 Å². The van der Waals surface area contributed by atoms with Crippen LogP contribution in [0.15, 0.2) is 42.5 Å². The fourth-order valence-electron chi connectivity index (χ4n) is 5.24. The second-order valence-corrected chi connectivity index (χ2v) is 10.1. The maximum atomic E-state index is 6.59. The van der Waals surface area contributed by atoms with Crippen LogP contribution in [0, 0.1) is 0 Å². The Morgan fingerprint density at radius 2 is 1.65 bits per heavy atom. The van der Waals surface area contributed by atoms with Crippen LogP contribution >= 0.6 is 11.6 Å². The van der Waals surface area contributed by atoms with Gasteiger partial charge in [-0.3, -0.25) is 0 Å². The van der Waals surface area contributed by atoms with Crippen LogP contribution in [-0.4, -0.2) is 5.54 Å². The van der Waals surface area contributed by atoms with E-state index < -0.39 is 0 Å². The zero-order chi connectivity index (χ0) is 18.7. The van der Waals surface area contributed by atoms with Crippen LogP contribution in [0.5, 0.6) is 0 Å². The minimum atomic E-state index is 0.0790. The Hall–Kier alpha value is -1.47. The number of nitrogens with zero attached hydrogens (tertiary/aromatic N) is 1. The fourth-order valence-corrected chi connectivity index (χ4v) is 5.47. The zero-order valence-electron chi connectivity index (χ0n) is 16.7. The highest BCUT2D eigenvalue weighted by Gasteiger charge is 2.57. The summed E-state index contributed by atoms with van der Waals surface area (Å²) in [6.07, 6.45) is 5.08. The molecule has 0 saturated heterocycles. The molecule has 1 fully saturated rings. The first-order valence-corrected chi connectivity index (χ1v) is 10.3. The van der Waals surface area contributed by atoms with Crippen molar-refractivity contribution in [3.05, 3.63) is 58.6 Å². The van der Waals surface area contributed by atoms with Crippen molar-refractivity contribution in [3.8, 4) is 0 Å². The lowest BCUT2D eigenvalue weighted by Gasteiger charge is -2.50. The number of halogens is 1. The van der Waals surface area contributed by atoms with Crippen LogP contribution in [0.4, 0.5) is 11.4 Å². The number of rotatable bonds is 1. The van der Waals surface area contributed by atoms with Gasteiger partial charge in [-0.15, -0.1) is 0 Å². The smallest absolute Gasteiger partial charge is 0.0517 e. The Morgan fingerprint density at radius 1 is 0.962 bits per heavy atom. The maximum Gasteiger partial charge on any atom is 0.0517 e. The summed E-state index contributed by atoms with van der Waals surface area (Å²) in [5.74, 6) is 0. The fraction of sp³-hybridized carbons (Fsp3) is 0.500. The van der Waals surface area contributed by atoms with Gasteiger partial charge in [0.15, 0.2) is 0 Å². The van der Waals surface area contributed by atoms with Crippen LogP contribution in [0.2, 0.25) is 5.02 Å². The lowest BCUT2D eigenvalue weighted by Crippen LogP contribution is -2.54. The van der Waals surface area contributed by atoms with Gasteiger partial charge in [-0.1, -0.05) is 70.3 Å². The van der Waals surface area contributed by atoms with Crippen LogP contribution in [0.3, 0.4) is 0 Å². The molecule has 138 valence electrons. The first kappa shape index (κ1) is 17.9. The van der Waals surface area contributed by atoms with Crippen LogP contribution in [0.25, 0.3) is 0 Å². The summed E-state index contributed by atoms with van der Waals surface area (Å²) in [7, 11) is 0. The van der Waals surface area contributed by atoms with E-state index in [1.54, 1.807) is 0 Å². The quantitative estimate of drug-likeness (QED) is 0.508. The van der Waals surface area contributed by atoms with Crippen molar-refractivity contribution in [2.75, 3.05) is 4.90 Å². The third-order valence-corrected chi connectivity index (χ3v) is 7.24. The van der Waals surface area contributed by atoms with Crippen LogP contribution in [0.1, 0.15) is 71.4 Å². The lowest BCUT2D eigenvalue weighted by atomic mass is 9.61. The van der Waals surface area contributed by atoms with Gasteiger partial charge >= 0.3 is 0 Å². The van der Waals surface area contributed by atoms with Crippen molar-refractivity contribution >= 4 is 23.0 Å². The standard InChI is InChI=1S/C24H30ClN/c1-22(2,3)17-14-18(25)16-19(15-17)26-21-11-7-6-10-20(21)23(4)12-8-9-13-24(23,26)5/h6-7,10-11,14-16H,8-9,12-13H2,1-5H3. The molecule has 0 amide bonds. The average molecular weight is 368 g/mol. The summed E-state index contributed by atoms with van der Waals surface area (Å²) in [5, 5.41) is 0.831. The number of hydrogen-bond donors (Lipinski definition) is 0. The molecule has 2 aromatic carbocycles. The van der Waals surface area contributed by atoms with Crippen molar-refractivity contribution in [3.63, 3.8) is 0 Å². The minimum Gasteiger partial charge on any atom is -0.334 e. The molecule has 1 aliphatic heterocycles. The van der Waals surface area contributed by atoms with E-state index in [2.05, 4.69) is 82.0 Å². The first-order chi connectivity index (χ1) is 12.2. The second-order valence-electron chi connectivity index (χ2n) is 9.61. The molecule has 1 saturated carbocycles. The third-order valence-electron chi connectivity index (χ3n) is 7.02. The molecule has 0 aromatic heterocycles. The Labute approximate surface area is 163 Å². The lowest BCUT2D eigenvalue weighted by molar-refractivity contribution is 0.195. The molecule has 0 bridgehead atoms. The molecule has 2 atom stereocenters. The molecule has 0 N–H and O–H groups in total. The summed E-state index contributed by atoms with van der Waals surface area (Å²) in [6.45, 7) is 11.7. The summed E-state index contributed by atoms with van der Waals surface area (Å²) >= 11 is 6.59. The molecule has 0 spiro atoms. The Morgan fingerprint density at radius 3 is 2.38 bits per heavy atom. The van der Waals surface area contributed by atoms with Gasteiger partial charge in [-0.05, 0) is 60.6 Å². The highest BCUT2D eigenvalue weighted by molar-refractivity contribution is 6.31. The van der Waals surface area contributed by atoms with Crippen LogP contribution < -0.4 is 4.90 Å². The minimum absolute atomic E-state index is 0.0790. The number of fused-ring (bicyclic) bond motifs is 3. The molecule has 1 heterocycles. The van der Waals surface area contributed by atoms with Gasteiger partial charge in [0.2, 0.25) is 0 Å². The molecule has 2 unspecified atom stereocenters. The van der Waals surface area contributed by atoms with E-state index in [1.807, 2.05) is 0 Å². The molecule has 2 heteroatoms. The van der Waals surface area contributed by atoms with Crippen molar-refractivity contribution in [1.82, 2.24) is 0 Å². The van der Waals surface area contributed by atoms with E-state index in [-0.39, 0.29) is 16.4 Å². The summed E-state index contributed by atoms with van der Waals surface area (Å²) in [4.78, 5) is 2.60. The molecule has 1 nitrogen and oxygen atoms in total. The predicted molar refractivity (Wildman–Crippen MR) is 113 cm³/mol. The van der Waals surface area contributed by atoms with Crippen molar-refractivity contribution in [2.24, 2.45) is 0 Å². The summed E-state index contributed by atoms with van der Waals surface area (Å²) < 4.78 is 0. The highest BCUT2D eigenvalue weighted by atomic mass is 35.5. The van der Waals surface area contributed by atoms with E-state index in [0.717, 1.165) is 5.02 Å². The molecule has 26 heavy (non-hydrogen) atoms. The topological polar surface area (TPSA) is 3.24 Å². The largest absolute Gasteiger partial charge is 0.334 e. The van der Waals surface area contributed by atoms with Gasteiger partial charge in [0.05, 0.1) is 5.54 Å². The normalized spacial score (nSPS) is 28.0. The molecule has 1 aliphatic carbocycles. The molecular weight excluding hydrogens is 338 g/mol. The predicted octanol–water partition coefficient (Wildman–Crippen LogP) is 7.38. The third kappa shape index (κ3) is 2.43. The molecule has 2 aliphatic rings. The Bertz CT molecular complexity index is 850. The summed E-state index contributed by atoms with van der Waals surface area (Å²) in [6, 6.07) is 15.6. The maximum absolute atomic E-state index is 6.59. The Balaban J connectivity index is 1.95. The zero-order valence-corrected chi connectivity index (χ0v) is 17.5. The van der Waals surface area contributed by atoms with Crippen LogP contribution in [-0.2, 0) is 10.8 Å². The van der Waals surface area contributed by atoms with E-state index in [1.165, 1.54) is 48.2 Å². The van der Waals surface area contributed by atoms with E-state index in [9.17, 15) is 0 Å². The van der Waals surface area contributed by atoms with Gasteiger partial charge in [-0.25, -0.2) is 0 Å². The molecule has 2 aromatic rings. The van der Waals surface area contributed by atoms with E-state index >= 15 is 0 Å². The molecule has 0 radical (unpaired) electrons. The SMILES string of the molecule is CC(C)(C)c1cc(Cl)cc(N2c3ccccc3C3(C)CCCCC23C)c1. The van der Waals surface area contributed by atoms with Crippen molar-refractivity contribution in [2.45, 2.75) is 76.7 Å². The number of hydrogen-bond acceptors (Lipinski definition) is 1. The van der Waals surface area contributed by atoms with E-state index in [0.29, 0.717) is 0 Å². The van der Waals surface area contributed by atoms with Gasteiger partial charge < -0.3 is 4.90 Å².